The molecule has 6 nitrogen and oxygen atoms in total. The van der Waals surface area contributed by atoms with Crippen LogP contribution in [0.25, 0.3) is 0 Å². The van der Waals surface area contributed by atoms with Crippen LogP contribution in [0.15, 0.2) is 24.3 Å². The zero-order valence-corrected chi connectivity index (χ0v) is 11.9. The molecule has 1 N–H and O–H groups in total. The summed E-state index contributed by atoms with van der Waals surface area (Å²) in [5.74, 6) is 0.580. The van der Waals surface area contributed by atoms with Crippen molar-refractivity contribution in [3.05, 3.63) is 29.8 Å². The zero-order chi connectivity index (χ0) is 15.0. The van der Waals surface area contributed by atoms with Gasteiger partial charge in [-0.2, -0.15) is 0 Å². The van der Waals surface area contributed by atoms with Crippen molar-refractivity contribution < 1.29 is 19.4 Å². The zero-order valence-electron chi connectivity index (χ0n) is 11.9. The van der Waals surface area contributed by atoms with Gasteiger partial charge in [-0.1, -0.05) is 12.1 Å². The number of aliphatic hydroxyl groups excluding tert-OH is 1. The number of carbonyl (C=O) groups excluding carboxylic acids is 2. The summed E-state index contributed by atoms with van der Waals surface area (Å²) in [5, 5.41) is 9.65. The van der Waals surface area contributed by atoms with E-state index in [0.29, 0.717) is 13.0 Å². The van der Waals surface area contributed by atoms with Crippen LogP contribution in [0.2, 0.25) is 0 Å². The first-order valence-electron chi connectivity index (χ1n) is 6.97. The van der Waals surface area contributed by atoms with Crippen LogP contribution in [-0.4, -0.2) is 59.1 Å². The molecule has 0 saturated carbocycles. The molecular weight excluding hydrogens is 272 g/mol. The number of nitrogens with zero attached hydrogens (tertiary/aromatic N) is 2. The summed E-state index contributed by atoms with van der Waals surface area (Å²) in [7, 11) is 1.60. The Morgan fingerprint density at radius 3 is 2.67 bits per heavy atom. The van der Waals surface area contributed by atoms with Gasteiger partial charge in [0.05, 0.1) is 13.2 Å². The Hall–Kier alpha value is -2.08. The molecule has 112 valence electrons. The fourth-order valence-corrected chi connectivity index (χ4v) is 2.95. The second kappa shape index (κ2) is 5.37. The van der Waals surface area contributed by atoms with Crippen molar-refractivity contribution in [1.82, 2.24) is 9.80 Å². The molecule has 21 heavy (non-hydrogen) atoms. The van der Waals surface area contributed by atoms with Gasteiger partial charge < -0.3 is 19.6 Å². The lowest BCUT2D eigenvalue weighted by Crippen LogP contribution is -2.56. The lowest BCUT2D eigenvalue weighted by Gasteiger charge is -2.36. The van der Waals surface area contributed by atoms with Crippen LogP contribution in [0.5, 0.6) is 5.75 Å². The van der Waals surface area contributed by atoms with Crippen molar-refractivity contribution in [1.29, 1.82) is 0 Å². The smallest absolute Gasteiger partial charge is 0.246 e. The number of piperazine rings is 1. The van der Waals surface area contributed by atoms with E-state index in [4.69, 9.17) is 4.74 Å². The van der Waals surface area contributed by atoms with Gasteiger partial charge in [-0.25, -0.2) is 0 Å². The SMILES string of the molecule is COc1ccc(CN2CC(=O)N3C[C@H](O)CC3C2=O)cc1. The molecule has 0 radical (unpaired) electrons. The minimum absolute atomic E-state index is 0.0775. The minimum atomic E-state index is -0.594. The number of hydrogen-bond acceptors (Lipinski definition) is 4. The molecule has 2 aliphatic rings. The molecule has 2 saturated heterocycles. The van der Waals surface area contributed by atoms with E-state index in [2.05, 4.69) is 0 Å². The van der Waals surface area contributed by atoms with Gasteiger partial charge in [-0.05, 0) is 17.7 Å². The topological polar surface area (TPSA) is 70.1 Å². The Balaban J connectivity index is 1.73. The van der Waals surface area contributed by atoms with Crippen LogP contribution >= 0.6 is 0 Å². The molecule has 3 rings (SSSR count). The molecule has 2 heterocycles. The molecule has 0 aliphatic carbocycles. The lowest BCUT2D eigenvalue weighted by atomic mass is 10.1. The third-order valence-electron chi connectivity index (χ3n) is 4.05. The normalized spacial score (nSPS) is 25.2. The maximum Gasteiger partial charge on any atom is 0.246 e. The Labute approximate surface area is 122 Å². The van der Waals surface area contributed by atoms with Gasteiger partial charge in [0, 0.05) is 19.5 Å². The highest BCUT2D eigenvalue weighted by Crippen LogP contribution is 2.25. The van der Waals surface area contributed by atoms with E-state index >= 15 is 0 Å². The number of fused-ring (bicyclic) bond motifs is 1. The van der Waals surface area contributed by atoms with Gasteiger partial charge in [-0.3, -0.25) is 9.59 Å². The van der Waals surface area contributed by atoms with Gasteiger partial charge >= 0.3 is 0 Å². The number of methoxy groups -OCH3 is 1. The summed E-state index contributed by atoms with van der Waals surface area (Å²) in [6.07, 6.45) is -0.257. The number of rotatable bonds is 3. The number of hydrogen-bond donors (Lipinski definition) is 1. The molecule has 0 aromatic heterocycles. The van der Waals surface area contributed by atoms with Gasteiger partial charge in [0.2, 0.25) is 11.8 Å². The van der Waals surface area contributed by atoms with Crippen molar-refractivity contribution in [2.45, 2.75) is 25.1 Å². The van der Waals surface area contributed by atoms with E-state index < -0.39 is 12.1 Å². The molecule has 2 fully saturated rings. The van der Waals surface area contributed by atoms with Crippen LogP contribution in [0.4, 0.5) is 0 Å². The summed E-state index contributed by atoms with van der Waals surface area (Å²) in [6.45, 7) is 0.745. The molecule has 6 heteroatoms. The molecule has 1 unspecified atom stereocenters. The summed E-state index contributed by atoms with van der Waals surface area (Å²) in [5.41, 5.74) is 0.948. The van der Waals surface area contributed by atoms with E-state index in [1.807, 2.05) is 24.3 Å². The quantitative estimate of drug-likeness (QED) is 0.850. The maximum absolute atomic E-state index is 12.4. The predicted octanol–water partition coefficient (Wildman–Crippen LogP) is -0.000800. The van der Waals surface area contributed by atoms with Gasteiger partial charge in [-0.15, -0.1) is 0 Å². The monoisotopic (exact) mass is 290 g/mol. The van der Waals surface area contributed by atoms with Crippen LogP contribution < -0.4 is 4.74 Å². The number of carbonyl (C=O) groups is 2. The van der Waals surface area contributed by atoms with Crippen molar-refractivity contribution >= 4 is 11.8 Å². The molecule has 2 atom stereocenters. The predicted molar refractivity (Wildman–Crippen MR) is 74.5 cm³/mol. The fraction of sp³-hybridized carbons (Fsp3) is 0.467. The van der Waals surface area contributed by atoms with E-state index in [0.717, 1.165) is 11.3 Å². The summed E-state index contributed by atoms with van der Waals surface area (Å²) >= 11 is 0. The Morgan fingerprint density at radius 1 is 1.29 bits per heavy atom. The molecule has 2 aliphatic heterocycles. The third kappa shape index (κ3) is 2.58. The number of ether oxygens (including phenoxy) is 1. The van der Waals surface area contributed by atoms with Crippen molar-refractivity contribution in [2.24, 2.45) is 0 Å². The molecule has 0 bridgehead atoms. The average molecular weight is 290 g/mol. The van der Waals surface area contributed by atoms with Crippen molar-refractivity contribution in [2.75, 3.05) is 20.2 Å². The van der Waals surface area contributed by atoms with E-state index in [1.165, 1.54) is 4.90 Å². The van der Waals surface area contributed by atoms with Crippen LogP contribution in [-0.2, 0) is 16.1 Å². The second-order valence-corrected chi connectivity index (χ2v) is 5.49. The highest BCUT2D eigenvalue weighted by Gasteiger charge is 2.45. The summed E-state index contributed by atoms with van der Waals surface area (Å²) in [4.78, 5) is 27.5. The van der Waals surface area contributed by atoms with E-state index in [9.17, 15) is 14.7 Å². The van der Waals surface area contributed by atoms with Crippen molar-refractivity contribution in [3.8, 4) is 5.75 Å². The Kier molecular flexibility index (Phi) is 3.55. The Bertz CT molecular complexity index is 557. The number of aliphatic hydroxyl groups is 1. The molecule has 0 spiro atoms. The first-order valence-corrected chi connectivity index (χ1v) is 6.97. The van der Waals surface area contributed by atoms with Gasteiger partial charge in [0.15, 0.2) is 0 Å². The van der Waals surface area contributed by atoms with Crippen molar-refractivity contribution in [3.63, 3.8) is 0 Å². The van der Waals surface area contributed by atoms with Crippen LogP contribution in [0.1, 0.15) is 12.0 Å². The third-order valence-corrected chi connectivity index (χ3v) is 4.05. The average Bonchev–Trinajstić information content (AvgIpc) is 2.88. The van der Waals surface area contributed by atoms with Crippen LogP contribution in [0, 0.1) is 0 Å². The molecule has 2 amide bonds. The minimum Gasteiger partial charge on any atom is -0.497 e. The summed E-state index contributed by atoms with van der Waals surface area (Å²) < 4.78 is 5.10. The van der Waals surface area contributed by atoms with Gasteiger partial charge in [0.1, 0.15) is 18.3 Å². The Morgan fingerprint density at radius 2 is 2.00 bits per heavy atom. The van der Waals surface area contributed by atoms with Crippen LogP contribution in [0.3, 0.4) is 0 Å². The molecule has 1 aromatic carbocycles. The first-order chi connectivity index (χ1) is 10.1. The van der Waals surface area contributed by atoms with E-state index in [1.54, 1.807) is 12.0 Å². The standard InChI is InChI=1S/C15H18N2O4/c1-21-12-4-2-10(3-5-12)7-16-9-14(19)17-8-11(18)6-13(17)15(16)20/h2-5,11,13,18H,6-9H2,1H3/t11-,13?/m1/s1. The second-order valence-electron chi connectivity index (χ2n) is 5.49. The maximum atomic E-state index is 12.4. The van der Waals surface area contributed by atoms with E-state index in [-0.39, 0.29) is 24.9 Å². The number of amides is 2. The largest absolute Gasteiger partial charge is 0.497 e. The fourth-order valence-electron chi connectivity index (χ4n) is 2.95. The first kappa shape index (κ1) is 13.9. The molecular formula is C15H18N2O4. The molecule has 1 aromatic rings. The lowest BCUT2D eigenvalue weighted by molar-refractivity contribution is -0.154. The summed E-state index contributed by atoms with van der Waals surface area (Å²) in [6, 6.07) is 6.92. The highest BCUT2D eigenvalue weighted by atomic mass is 16.5. The highest BCUT2D eigenvalue weighted by molar-refractivity contribution is 5.95. The number of benzene rings is 1. The van der Waals surface area contributed by atoms with Gasteiger partial charge in [0.25, 0.3) is 0 Å².